The molecule has 0 aliphatic carbocycles. The van der Waals surface area contributed by atoms with Crippen LogP contribution in [0.3, 0.4) is 0 Å². The van der Waals surface area contributed by atoms with E-state index in [2.05, 4.69) is 198 Å². The molecule has 7 heteroatoms. The molecule has 0 aliphatic rings. The van der Waals surface area contributed by atoms with Crippen molar-refractivity contribution in [2.75, 3.05) is 0 Å². The molecule has 0 spiro atoms. The molecule has 7 nitrogen and oxygen atoms in total. The third-order valence-corrected chi connectivity index (χ3v) is 12.5. The van der Waals surface area contributed by atoms with Gasteiger partial charge < -0.3 is 23.0 Å². The van der Waals surface area contributed by atoms with Crippen LogP contribution in [0.4, 0.5) is 0 Å². The molecule has 294 valence electrons. The number of rotatable bonds is 5. The number of imidazole rings is 1. The van der Waals surface area contributed by atoms with Crippen molar-refractivity contribution in [1.82, 2.24) is 23.3 Å². The van der Waals surface area contributed by atoms with Gasteiger partial charge in [-0.1, -0.05) is 112 Å². The summed E-state index contributed by atoms with van der Waals surface area (Å²) in [5.74, 6) is 2.35. The van der Waals surface area contributed by atoms with Gasteiger partial charge >= 0.3 is 0 Å². The van der Waals surface area contributed by atoms with Crippen molar-refractivity contribution in [2.24, 2.45) is 14.1 Å². The number of ether oxygens (including phenoxy) is 1. The second-order valence-corrected chi connectivity index (χ2v) is 17.2. The molecule has 0 atom stereocenters. The van der Waals surface area contributed by atoms with Crippen molar-refractivity contribution in [3.05, 3.63) is 176 Å². The second-order valence-electron chi connectivity index (χ2n) is 17.2. The lowest BCUT2D eigenvalue weighted by Gasteiger charge is -2.20. The highest BCUT2D eigenvalue weighted by molar-refractivity contribution is 6.40. The van der Waals surface area contributed by atoms with Gasteiger partial charge in [0.25, 0.3) is 0 Å². The summed E-state index contributed by atoms with van der Waals surface area (Å²) in [7, 11) is 4.23. The van der Waals surface area contributed by atoms with E-state index in [1.807, 2.05) is 29.9 Å². The predicted molar refractivity (Wildman–Crippen MR) is 249 cm³/mol. The van der Waals surface area contributed by atoms with E-state index < -0.39 is 0 Å². The lowest BCUT2D eigenvalue weighted by Crippen LogP contribution is -2.29. The third-order valence-electron chi connectivity index (χ3n) is 12.5. The monoisotopic (exact) mass is 790 g/mol. The highest BCUT2D eigenvalue weighted by atomic mass is 16.5. The van der Waals surface area contributed by atoms with Crippen LogP contribution in [0, 0.1) is 6.33 Å². The minimum Gasteiger partial charge on any atom is -0.458 e. The van der Waals surface area contributed by atoms with Gasteiger partial charge in [0, 0.05) is 62.8 Å². The van der Waals surface area contributed by atoms with Gasteiger partial charge in [-0.15, -0.1) is 0 Å². The Bertz CT molecular complexity index is 3740. The van der Waals surface area contributed by atoms with Crippen molar-refractivity contribution in [1.29, 1.82) is 0 Å². The largest absolute Gasteiger partial charge is 0.458 e. The Morgan fingerprint density at radius 2 is 1.21 bits per heavy atom. The number of hydrogen-bond donors (Lipinski definition) is 0. The number of aryl methyl sites for hydroxylation is 2. The fraction of sp³-hybridized carbons (Fsp3) is 0.111. The van der Waals surface area contributed by atoms with Gasteiger partial charge in [-0.2, -0.15) is 0 Å². The summed E-state index contributed by atoms with van der Waals surface area (Å²) in [6.07, 6.45) is 5.43. The summed E-state index contributed by atoms with van der Waals surface area (Å²) in [4.78, 5) is 5.17. The highest BCUT2D eigenvalue weighted by Gasteiger charge is 2.28. The quantitative estimate of drug-likeness (QED) is 0.129. The Balaban J connectivity index is 1.20. The predicted octanol–water partition coefficient (Wildman–Crippen LogP) is 12.6. The molecule has 12 aromatic rings. The maximum atomic E-state index is 6.83. The average molecular weight is 791 g/mol. The van der Waals surface area contributed by atoms with Gasteiger partial charge in [0.15, 0.2) is 0 Å². The summed E-state index contributed by atoms with van der Waals surface area (Å²) in [5.41, 5.74) is 12.3. The highest BCUT2D eigenvalue weighted by Crippen LogP contribution is 2.49. The Hall–Kier alpha value is -7.64. The first kappa shape index (κ1) is 35.3. The molecule has 0 unspecified atom stereocenters. The molecule has 7 aromatic carbocycles. The summed E-state index contributed by atoms with van der Waals surface area (Å²) < 4.78 is 18.2. The van der Waals surface area contributed by atoms with Crippen LogP contribution in [0.5, 0.6) is 11.5 Å². The van der Waals surface area contributed by atoms with Crippen LogP contribution >= 0.6 is 0 Å². The molecule has 0 aliphatic heterocycles. The Morgan fingerprint density at radius 1 is 0.541 bits per heavy atom. The van der Waals surface area contributed by atoms with Crippen LogP contribution in [-0.4, -0.2) is 23.3 Å². The summed E-state index contributed by atoms with van der Waals surface area (Å²) >= 11 is 0. The third kappa shape index (κ3) is 5.16. The van der Waals surface area contributed by atoms with E-state index in [0.717, 1.165) is 61.7 Å². The average Bonchev–Trinajstić information content (AvgIpc) is 4.00. The van der Waals surface area contributed by atoms with Crippen molar-refractivity contribution < 1.29 is 9.30 Å². The first-order valence-corrected chi connectivity index (χ1v) is 20.8. The normalized spacial score (nSPS) is 12.3. The summed E-state index contributed by atoms with van der Waals surface area (Å²) in [6.45, 7) is 6.78. The molecular formula is C54H42N6O. The first-order valence-electron chi connectivity index (χ1n) is 20.8. The standard InChI is InChI=1S/C54H42N6O/c1-54(2,3)34-28-29-55-47(30-34)60-46-32-38(61-37-19-15-18-36(31-37)58-33-56(4)44-24-13-14-25-45(44)58)26-27-41(46)49-48-40-21-10-12-23-43(40)59(35-16-7-6-8-17-35)51(48)50-39-20-9-11-22-42(39)57(5)52(50)53(49)60/h6-32H,1-5H3. The van der Waals surface area contributed by atoms with E-state index >= 15 is 0 Å². The van der Waals surface area contributed by atoms with Gasteiger partial charge in [-0.05, 0) is 71.6 Å². The molecule has 0 N–H and O–H groups in total. The van der Waals surface area contributed by atoms with Gasteiger partial charge in [0.1, 0.15) is 17.3 Å². The number of aromatic nitrogens is 6. The molecule has 0 fully saturated rings. The van der Waals surface area contributed by atoms with E-state index in [1.54, 1.807) is 0 Å². The lowest BCUT2D eigenvalue weighted by atomic mass is 9.88. The van der Waals surface area contributed by atoms with Gasteiger partial charge in [-0.25, -0.2) is 4.98 Å². The molecule has 0 radical (unpaired) electrons. The maximum absolute atomic E-state index is 6.83. The molecule has 61 heavy (non-hydrogen) atoms. The Kier molecular flexibility index (Phi) is 7.49. The molecule has 0 saturated carbocycles. The minimum absolute atomic E-state index is 0.0827. The molecule has 12 rings (SSSR count). The Morgan fingerprint density at radius 3 is 2.02 bits per heavy atom. The molecule has 5 aromatic heterocycles. The van der Waals surface area contributed by atoms with E-state index in [1.165, 1.54) is 49.0 Å². The van der Waals surface area contributed by atoms with E-state index in [-0.39, 0.29) is 5.41 Å². The van der Waals surface area contributed by atoms with Crippen molar-refractivity contribution in [3.8, 4) is 28.7 Å². The van der Waals surface area contributed by atoms with Crippen LogP contribution in [0.15, 0.2) is 164 Å². The fourth-order valence-corrected chi connectivity index (χ4v) is 9.75. The van der Waals surface area contributed by atoms with E-state index in [0.29, 0.717) is 0 Å². The smallest absolute Gasteiger partial charge is 0.244 e. The fourth-order valence-electron chi connectivity index (χ4n) is 9.75. The number of fused-ring (bicyclic) bond motifs is 13. The molecule has 0 amide bonds. The number of benzene rings is 7. The van der Waals surface area contributed by atoms with Gasteiger partial charge in [-0.3, -0.25) is 4.57 Å². The van der Waals surface area contributed by atoms with E-state index in [9.17, 15) is 0 Å². The van der Waals surface area contributed by atoms with Gasteiger partial charge in [0.05, 0.1) is 51.4 Å². The second kappa shape index (κ2) is 12.9. The van der Waals surface area contributed by atoms with Crippen LogP contribution < -0.4 is 9.30 Å². The van der Waals surface area contributed by atoms with Crippen molar-refractivity contribution in [3.63, 3.8) is 0 Å². The van der Waals surface area contributed by atoms with Crippen LogP contribution in [0.2, 0.25) is 0 Å². The Labute approximate surface area is 352 Å². The number of pyridine rings is 1. The topological polar surface area (TPSA) is 45.7 Å². The van der Waals surface area contributed by atoms with Crippen LogP contribution in [0.1, 0.15) is 26.3 Å². The lowest BCUT2D eigenvalue weighted by molar-refractivity contribution is -0.572. The minimum atomic E-state index is -0.0827. The zero-order valence-electron chi connectivity index (χ0n) is 34.7. The number of hydrogen-bond acceptors (Lipinski definition) is 2. The summed E-state index contributed by atoms with van der Waals surface area (Å²) in [6, 6.07) is 56.0. The van der Waals surface area contributed by atoms with Crippen molar-refractivity contribution in [2.45, 2.75) is 26.2 Å². The molecule has 5 heterocycles. The number of nitrogens with zero attached hydrogens (tertiary/aromatic N) is 6. The zero-order valence-corrected chi connectivity index (χ0v) is 34.7. The molecule has 0 bridgehead atoms. The maximum Gasteiger partial charge on any atom is 0.244 e. The van der Waals surface area contributed by atoms with Crippen molar-refractivity contribution >= 4 is 76.5 Å². The zero-order chi connectivity index (χ0) is 41.1. The molecular weight excluding hydrogens is 749 g/mol. The number of para-hydroxylation sites is 5. The van der Waals surface area contributed by atoms with Crippen LogP contribution in [0.25, 0.3) is 93.6 Å². The van der Waals surface area contributed by atoms with Gasteiger partial charge in [0.2, 0.25) is 6.33 Å². The molecule has 0 saturated heterocycles. The van der Waals surface area contributed by atoms with E-state index in [4.69, 9.17) is 9.72 Å². The van der Waals surface area contributed by atoms with Crippen LogP contribution in [-0.2, 0) is 19.5 Å². The first-order chi connectivity index (χ1) is 29.7. The summed E-state index contributed by atoms with van der Waals surface area (Å²) in [5, 5.41) is 7.18. The SMILES string of the molecule is Cn1[c-][n+](-c2cccc(Oc3ccc4c5c6c7ccccc7n(-c7ccccc7)c6c6c7ccccc7n(C)c6c5n(-c5cc(C(C)(C)C)ccn5)c4c3)c2)c2ccccc21.